The van der Waals surface area contributed by atoms with E-state index in [2.05, 4.69) is 0 Å². The molecule has 0 atom stereocenters. The molecule has 4 N–H and O–H groups in total. The molecule has 0 aliphatic heterocycles. The van der Waals surface area contributed by atoms with Crippen molar-refractivity contribution in [1.29, 1.82) is 0 Å². The second-order valence-corrected chi connectivity index (χ2v) is 3.23. The number of carbonyl (C=O) groups is 4. The van der Waals surface area contributed by atoms with Crippen molar-refractivity contribution in [1.82, 2.24) is 0 Å². The van der Waals surface area contributed by atoms with Crippen LogP contribution < -0.4 is 0 Å². The molecule has 0 spiro atoms. The molecule has 110 valence electrons. The Kier molecular flexibility index (Phi) is 9.78. The maximum atomic E-state index is 10.4. The summed E-state index contributed by atoms with van der Waals surface area (Å²) in [5.41, 5.74) is -0.0372. The maximum absolute atomic E-state index is 10.4. The molecule has 0 saturated carbocycles. The molecule has 0 heterocycles. The number of hydrogen-bond donors (Lipinski definition) is 4. The zero-order chi connectivity index (χ0) is 16.3. The van der Waals surface area contributed by atoms with E-state index in [0.717, 1.165) is 19.9 Å². The summed E-state index contributed by atoms with van der Waals surface area (Å²) in [5, 5.41) is 31.8. The normalized spacial score (nSPS) is 8.10. The summed E-state index contributed by atoms with van der Waals surface area (Å²) in [5.74, 6) is -3.92. The van der Waals surface area contributed by atoms with Crippen molar-refractivity contribution in [2.24, 2.45) is 0 Å². The van der Waals surface area contributed by atoms with Crippen molar-refractivity contribution in [2.45, 2.75) is 13.8 Å². The molecule has 0 aromatic heterocycles. The van der Waals surface area contributed by atoms with Gasteiger partial charge in [-0.1, -0.05) is 6.07 Å². The lowest BCUT2D eigenvalue weighted by atomic mass is 10.1. The predicted molar refractivity (Wildman–Crippen MR) is 67.0 cm³/mol. The lowest BCUT2D eigenvalue weighted by Crippen LogP contribution is -2.01. The van der Waals surface area contributed by atoms with E-state index in [1.54, 1.807) is 0 Å². The minimum absolute atomic E-state index is 0.0186. The van der Waals surface area contributed by atoms with Gasteiger partial charge in [0.2, 0.25) is 0 Å². The average Bonchev–Trinajstić information content (AvgIpc) is 2.27. The van der Waals surface area contributed by atoms with Gasteiger partial charge in [-0.05, 0) is 18.2 Å². The first-order valence-electron chi connectivity index (χ1n) is 5.03. The number of hydrogen-bond acceptors (Lipinski definition) is 4. The van der Waals surface area contributed by atoms with Crippen LogP contribution >= 0.6 is 0 Å². The topological polar surface area (TPSA) is 149 Å². The fourth-order valence-electron chi connectivity index (χ4n) is 0.785. The Labute approximate surface area is 113 Å². The van der Waals surface area contributed by atoms with E-state index in [1.165, 1.54) is 18.2 Å². The van der Waals surface area contributed by atoms with Crippen molar-refractivity contribution in [3.05, 3.63) is 35.4 Å². The van der Waals surface area contributed by atoms with Gasteiger partial charge >= 0.3 is 11.9 Å². The SMILES string of the molecule is CC(=O)O.CC(=O)O.O=C(O)c1cccc(C(=O)O)c1. The van der Waals surface area contributed by atoms with Gasteiger partial charge in [0, 0.05) is 13.8 Å². The highest BCUT2D eigenvalue weighted by molar-refractivity contribution is 5.93. The molecule has 0 aliphatic carbocycles. The fraction of sp³-hybridized carbons (Fsp3) is 0.167. The third-order valence-electron chi connectivity index (χ3n) is 1.36. The summed E-state index contributed by atoms with van der Waals surface area (Å²) in [6, 6.07) is 5.20. The van der Waals surface area contributed by atoms with Crippen molar-refractivity contribution in [2.75, 3.05) is 0 Å². The zero-order valence-corrected chi connectivity index (χ0v) is 10.7. The molecule has 8 nitrogen and oxygen atoms in total. The van der Waals surface area contributed by atoms with Gasteiger partial charge in [0.15, 0.2) is 0 Å². The lowest BCUT2D eigenvalue weighted by Gasteiger charge is -1.95. The van der Waals surface area contributed by atoms with Gasteiger partial charge in [-0.3, -0.25) is 9.59 Å². The molecule has 0 amide bonds. The van der Waals surface area contributed by atoms with Crippen LogP contribution in [0.5, 0.6) is 0 Å². The standard InChI is InChI=1S/C8H6O4.2C2H4O2/c9-7(10)5-2-1-3-6(4-5)8(11)12;2*1-2(3)4/h1-4H,(H,9,10)(H,11,12);2*1H3,(H,3,4). The summed E-state index contributed by atoms with van der Waals surface area (Å²) in [6.07, 6.45) is 0. The van der Waals surface area contributed by atoms with Gasteiger partial charge in [0.1, 0.15) is 0 Å². The van der Waals surface area contributed by atoms with Crippen LogP contribution in [-0.2, 0) is 9.59 Å². The molecule has 0 aliphatic rings. The van der Waals surface area contributed by atoms with E-state index in [9.17, 15) is 9.59 Å². The second-order valence-electron chi connectivity index (χ2n) is 3.23. The monoisotopic (exact) mass is 286 g/mol. The highest BCUT2D eigenvalue weighted by Gasteiger charge is 2.06. The number of rotatable bonds is 2. The summed E-state index contributed by atoms with van der Waals surface area (Å²) in [7, 11) is 0. The quantitative estimate of drug-likeness (QED) is 0.634. The Balaban J connectivity index is 0. The Morgan fingerprint density at radius 1 is 0.750 bits per heavy atom. The Hall–Kier alpha value is -2.90. The van der Waals surface area contributed by atoms with E-state index < -0.39 is 23.9 Å². The molecule has 0 radical (unpaired) electrons. The van der Waals surface area contributed by atoms with Crippen LogP contribution in [0.4, 0.5) is 0 Å². The predicted octanol–water partition coefficient (Wildman–Crippen LogP) is 1.26. The van der Waals surface area contributed by atoms with Crippen LogP contribution in [0.1, 0.15) is 34.6 Å². The third-order valence-corrected chi connectivity index (χ3v) is 1.36. The molecular formula is C12H14O8. The van der Waals surface area contributed by atoms with Gasteiger partial charge in [-0.25, -0.2) is 9.59 Å². The molecule has 1 aromatic rings. The summed E-state index contributed by atoms with van der Waals surface area (Å²) >= 11 is 0. The minimum Gasteiger partial charge on any atom is -0.481 e. The molecular weight excluding hydrogens is 272 g/mol. The molecule has 8 heteroatoms. The summed E-state index contributed by atoms with van der Waals surface area (Å²) in [6.45, 7) is 2.17. The Bertz CT molecular complexity index is 443. The van der Waals surface area contributed by atoms with Gasteiger partial charge in [0.05, 0.1) is 11.1 Å². The number of carboxylic acids is 4. The van der Waals surface area contributed by atoms with Crippen LogP contribution in [0, 0.1) is 0 Å². The van der Waals surface area contributed by atoms with Crippen LogP contribution in [0.2, 0.25) is 0 Å². The number of benzene rings is 1. The van der Waals surface area contributed by atoms with E-state index in [0.29, 0.717) is 0 Å². The van der Waals surface area contributed by atoms with Crippen LogP contribution in [0.3, 0.4) is 0 Å². The van der Waals surface area contributed by atoms with Crippen LogP contribution in [-0.4, -0.2) is 44.3 Å². The van der Waals surface area contributed by atoms with Crippen molar-refractivity contribution < 1.29 is 39.6 Å². The van der Waals surface area contributed by atoms with Gasteiger partial charge in [0.25, 0.3) is 11.9 Å². The molecule has 0 unspecified atom stereocenters. The first-order chi connectivity index (χ1) is 9.07. The summed E-state index contributed by atoms with van der Waals surface area (Å²) < 4.78 is 0. The Morgan fingerprint density at radius 3 is 1.20 bits per heavy atom. The summed E-state index contributed by atoms with van der Waals surface area (Å²) in [4.78, 5) is 38.8. The first kappa shape index (κ1) is 19.4. The fourth-order valence-corrected chi connectivity index (χ4v) is 0.785. The van der Waals surface area contributed by atoms with Crippen LogP contribution in [0.15, 0.2) is 24.3 Å². The Morgan fingerprint density at radius 2 is 1.00 bits per heavy atom. The van der Waals surface area contributed by atoms with Crippen molar-refractivity contribution >= 4 is 23.9 Å². The van der Waals surface area contributed by atoms with E-state index in [-0.39, 0.29) is 11.1 Å². The van der Waals surface area contributed by atoms with Crippen molar-refractivity contribution in [3.8, 4) is 0 Å². The number of carboxylic acid groups (broad SMARTS) is 4. The van der Waals surface area contributed by atoms with Gasteiger partial charge in [-0.15, -0.1) is 0 Å². The van der Waals surface area contributed by atoms with E-state index >= 15 is 0 Å². The molecule has 0 bridgehead atoms. The second kappa shape index (κ2) is 10.1. The molecule has 20 heavy (non-hydrogen) atoms. The third kappa shape index (κ3) is 13.2. The molecule has 1 aromatic carbocycles. The smallest absolute Gasteiger partial charge is 0.335 e. The van der Waals surface area contributed by atoms with E-state index in [1.807, 2.05) is 0 Å². The lowest BCUT2D eigenvalue weighted by molar-refractivity contribution is -0.135. The minimum atomic E-state index is -1.13. The van der Waals surface area contributed by atoms with Gasteiger partial charge in [-0.2, -0.15) is 0 Å². The number of aliphatic carboxylic acids is 2. The molecule has 1 rings (SSSR count). The van der Waals surface area contributed by atoms with Crippen molar-refractivity contribution in [3.63, 3.8) is 0 Å². The highest BCUT2D eigenvalue weighted by Crippen LogP contribution is 2.04. The van der Waals surface area contributed by atoms with Gasteiger partial charge < -0.3 is 20.4 Å². The zero-order valence-electron chi connectivity index (χ0n) is 10.7. The van der Waals surface area contributed by atoms with E-state index in [4.69, 9.17) is 30.0 Å². The van der Waals surface area contributed by atoms with Crippen LogP contribution in [0.25, 0.3) is 0 Å². The molecule has 0 fully saturated rings. The highest BCUT2D eigenvalue weighted by atomic mass is 16.4. The largest absolute Gasteiger partial charge is 0.481 e. The molecule has 0 saturated heterocycles. The first-order valence-corrected chi connectivity index (χ1v) is 5.03. The average molecular weight is 286 g/mol. The number of aromatic carboxylic acids is 2. The maximum Gasteiger partial charge on any atom is 0.335 e.